The number of pyridine rings is 1. The third-order valence-corrected chi connectivity index (χ3v) is 2.41. The van der Waals surface area contributed by atoms with Crippen molar-refractivity contribution in [2.24, 2.45) is 0 Å². The number of nitrogens with zero attached hydrogens (tertiary/aromatic N) is 3. The molecule has 0 radical (unpaired) electrons. The number of halogens is 3. The van der Waals surface area contributed by atoms with Gasteiger partial charge in [-0.05, 0) is 12.1 Å². The molecule has 0 saturated heterocycles. The van der Waals surface area contributed by atoms with Crippen molar-refractivity contribution >= 4 is 40.3 Å². The second kappa shape index (κ2) is 3.57. The number of aromatic nitrogens is 2. The number of nitriles is 1. The molecule has 0 unspecified atom stereocenters. The number of imidazole rings is 1. The highest BCUT2D eigenvalue weighted by molar-refractivity contribution is 6.66. The van der Waals surface area contributed by atoms with Gasteiger partial charge in [-0.25, -0.2) is 4.98 Å². The van der Waals surface area contributed by atoms with Crippen LogP contribution < -0.4 is 0 Å². The molecule has 0 aliphatic carbocycles. The van der Waals surface area contributed by atoms with Crippen LogP contribution in [0.4, 0.5) is 0 Å². The van der Waals surface area contributed by atoms with E-state index in [1.54, 1.807) is 28.8 Å². The fourth-order valence-electron chi connectivity index (χ4n) is 1.32. The number of rotatable bonds is 0. The zero-order valence-corrected chi connectivity index (χ0v) is 9.55. The smallest absolute Gasteiger partial charge is 0.248 e. The van der Waals surface area contributed by atoms with Crippen molar-refractivity contribution < 1.29 is 0 Å². The molecule has 6 heteroatoms. The summed E-state index contributed by atoms with van der Waals surface area (Å²) in [4.78, 5) is 3.99. The average Bonchev–Trinajstić information content (AvgIpc) is 2.55. The molecule has 0 aliphatic heterocycles. The van der Waals surface area contributed by atoms with E-state index < -0.39 is 3.79 Å². The molecule has 0 aromatic carbocycles. The van der Waals surface area contributed by atoms with E-state index in [9.17, 15) is 0 Å². The zero-order valence-electron chi connectivity index (χ0n) is 7.28. The highest BCUT2D eigenvalue weighted by atomic mass is 35.6. The van der Waals surface area contributed by atoms with E-state index in [-0.39, 0.29) is 11.5 Å². The Labute approximate surface area is 101 Å². The minimum Gasteiger partial charge on any atom is -0.299 e. The van der Waals surface area contributed by atoms with Crippen LogP contribution in [0.3, 0.4) is 0 Å². The minimum absolute atomic E-state index is 0.222. The van der Waals surface area contributed by atoms with Crippen LogP contribution in [0, 0.1) is 11.3 Å². The number of alkyl halides is 3. The van der Waals surface area contributed by atoms with Crippen molar-refractivity contribution in [1.29, 1.82) is 5.26 Å². The van der Waals surface area contributed by atoms with Crippen molar-refractivity contribution in [2.45, 2.75) is 3.79 Å². The Kier molecular flexibility index (Phi) is 2.51. The molecule has 0 aliphatic rings. The summed E-state index contributed by atoms with van der Waals surface area (Å²) < 4.78 is -0.0507. The third-order valence-electron chi connectivity index (χ3n) is 1.91. The van der Waals surface area contributed by atoms with Crippen molar-refractivity contribution in [2.75, 3.05) is 0 Å². The van der Waals surface area contributed by atoms with Gasteiger partial charge in [0, 0.05) is 6.20 Å². The molecule has 0 N–H and O–H groups in total. The van der Waals surface area contributed by atoms with Crippen molar-refractivity contribution in [3.05, 3.63) is 35.9 Å². The van der Waals surface area contributed by atoms with Gasteiger partial charge >= 0.3 is 0 Å². The zero-order chi connectivity index (χ0) is 11.1. The van der Waals surface area contributed by atoms with E-state index >= 15 is 0 Å². The quantitative estimate of drug-likeness (QED) is 0.683. The SMILES string of the molecule is N#Cc1nc(C(Cl)(Cl)Cl)n2ccccc12. The predicted octanol–water partition coefficient (Wildman–Crippen LogP) is 3.03. The molecule has 3 nitrogen and oxygen atoms in total. The van der Waals surface area contributed by atoms with Crippen LogP contribution >= 0.6 is 34.8 Å². The molecule has 0 fully saturated rings. The Morgan fingerprint density at radius 2 is 2.07 bits per heavy atom. The molecule has 15 heavy (non-hydrogen) atoms. The van der Waals surface area contributed by atoms with E-state index in [1.165, 1.54) is 0 Å². The van der Waals surface area contributed by atoms with E-state index in [0.717, 1.165) is 0 Å². The third kappa shape index (κ3) is 1.76. The van der Waals surface area contributed by atoms with Gasteiger partial charge in [0.25, 0.3) is 0 Å². The molecule has 0 saturated carbocycles. The Balaban J connectivity index is 2.84. The lowest BCUT2D eigenvalue weighted by molar-refractivity contribution is 0.960. The molecule has 2 rings (SSSR count). The molecule has 0 spiro atoms. The molecule has 0 bridgehead atoms. The standard InChI is InChI=1S/C9H4Cl3N3/c10-9(11,12)8-14-6(5-13)7-3-1-2-4-15(7)8/h1-4H. The Morgan fingerprint density at radius 3 is 2.67 bits per heavy atom. The summed E-state index contributed by atoms with van der Waals surface area (Å²) in [5.74, 6) is 0.222. The number of fused-ring (bicyclic) bond motifs is 1. The Morgan fingerprint density at radius 1 is 1.33 bits per heavy atom. The minimum atomic E-state index is -1.64. The van der Waals surface area contributed by atoms with Gasteiger partial charge in [0.2, 0.25) is 3.79 Å². The molecule has 2 aromatic heterocycles. The van der Waals surface area contributed by atoms with Gasteiger partial charge in [-0.3, -0.25) is 4.40 Å². The van der Waals surface area contributed by atoms with Crippen LogP contribution in [0.15, 0.2) is 24.4 Å². The van der Waals surface area contributed by atoms with Gasteiger partial charge in [0.05, 0.1) is 5.52 Å². The molecule has 76 valence electrons. The maximum atomic E-state index is 8.86. The van der Waals surface area contributed by atoms with Gasteiger partial charge in [-0.15, -0.1) is 0 Å². The van der Waals surface area contributed by atoms with Crippen molar-refractivity contribution in [3.8, 4) is 6.07 Å². The van der Waals surface area contributed by atoms with Crippen molar-refractivity contribution in [1.82, 2.24) is 9.38 Å². The first-order valence-electron chi connectivity index (χ1n) is 3.98. The van der Waals surface area contributed by atoms with Crippen LogP contribution in [0.2, 0.25) is 0 Å². The van der Waals surface area contributed by atoms with Crippen LogP contribution in [0.1, 0.15) is 11.5 Å². The molecule has 2 heterocycles. The lowest BCUT2D eigenvalue weighted by Gasteiger charge is -2.08. The fourth-order valence-corrected chi connectivity index (χ4v) is 1.72. The summed E-state index contributed by atoms with van der Waals surface area (Å²) in [6, 6.07) is 7.26. The molecule has 0 atom stereocenters. The van der Waals surface area contributed by atoms with Crippen LogP contribution in [0.25, 0.3) is 5.52 Å². The largest absolute Gasteiger partial charge is 0.299 e. The summed E-state index contributed by atoms with van der Waals surface area (Å²) >= 11 is 17.2. The summed E-state index contributed by atoms with van der Waals surface area (Å²) in [6.45, 7) is 0. The lowest BCUT2D eigenvalue weighted by Crippen LogP contribution is -2.06. The van der Waals surface area contributed by atoms with Gasteiger partial charge in [0.1, 0.15) is 6.07 Å². The first-order valence-corrected chi connectivity index (χ1v) is 5.12. The van der Waals surface area contributed by atoms with Crippen molar-refractivity contribution in [3.63, 3.8) is 0 Å². The van der Waals surface area contributed by atoms with Crippen LogP contribution in [0.5, 0.6) is 0 Å². The second-order valence-electron chi connectivity index (χ2n) is 2.85. The molecule has 2 aromatic rings. The first-order chi connectivity index (χ1) is 7.04. The average molecular weight is 261 g/mol. The van der Waals surface area contributed by atoms with Crippen LogP contribution in [-0.4, -0.2) is 9.38 Å². The molecular weight excluding hydrogens is 256 g/mol. The normalized spacial score (nSPS) is 11.6. The summed E-state index contributed by atoms with van der Waals surface area (Å²) in [7, 11) is 0. The fraction of sp³-hybridized carbons (Fsp3) is 0.111. The highest BCUT2D eigenvalue weighted by Crippen LogP contribution is 2.37. The Bertz CT molecular complexity index is 548. The summed E-state index contributed by atoms with van der Waals surface area (Å²) in [5, 5.41) is 8.86. The van der Waals surface area contributed by atoms with E-state index in [0.29, 0.717) is 5.52 Å². The topological polar surface area (TPSA) is 41.1 Å². The van der Waals surface area contributed by atoms with E-state index in [2.05, 4.69) is 4.98 Å². The highest BCUT2D eigenvalue weighted by Gasteiger charge is 2.29. The van der Waals surface area contributed by atoms with Gasteiger partial charge in [0.15, 0.2) is 11.5 Å². The summed E-state index contributed by atoms with van der Waals surface area (Å²) in [6.07, 6.45) is 1.69. The number of hydrogen-bond donors (Lipinski definition) is 0. The van der Waals surface area contributed by atoms with Gasteiger partial charge < -0.3 is 0 Å². The van der Waals surface area contributed by atoms with E-state index in [1.807, 2.05) is 6.07 Å². The first kappa shape index (κ1) is 10.6. The molecule has 0 amide bonds. The van der Waals surface area contributed by atoms with Gasteiger partial charge in [-0.1, -0.05) is 40.9 Å². The summed E-state index contributed by atoms with van der Waals surface area (Å²) in [5.41, 5.74) is 0.873. The van der Waals surface area contributed by atoms with E-state index in [4.69, 9.17) is 40.1 Å². The maximum absolute atomic E-state index is 8.86. The van der Waals surface area contributed by atoms with Crippen LogP contribution in [-0.2, 0) is 3.79 Å². The van der Waals surface area contributed by atoms with Gasteiger partial charge in [-0.2, -0.15) is 5.26 Å². The number of hydrogen-bond acceptors (Lipinski definition) is 2. The Hall–Kier alpha value is -0.950. The second-order valence-corrected chi connectivity index (χ2v) is 5.13. The monoisotopic (exact) mass is 259 g/mol. The molecular formula is C9H4Cl3N3. The predicted molar refractivity (Wildman–Crippen MR) is 59.1 cm³/mol. The maximum Gasteiger partial charge on any atom is 0.248 e. The lowest BCUT2D eigenvalue weighted by atomic mass is 10.3.